The van der Waals surface area contributed by atoms with Crippen LogP contribution in [0.3, 0.4) is 0 Å². The monoisotopic (exact) mass is 1660 g/mol. The van der Waals surface area contributed by atoms with E-state index in [2.05, 4.69) is 164 Å². The number of rotatable bonds is 7. The fraction of sp³-hybridized carbons (Fsp3) is 0.141. The molecule has 0 bridgehead atoms. The third-order valence-electron chi connectivity index (χ3n) is 13.9. The van der Waals surface area contributed by atoms with E-state index in [1.54, 1.807) is 18.6 Å². The van der Waals surface area contributed by atoms with Crippen molar-refractivity contribution in [1.82, 2.24) is 24.9 Å². The van der Waals surface area contributed by atoms with Crippen LogP contribution in [0.2, 0.25) is 0 Å². The molecule has 0 saturated carbocycles. The van der Waals surface area contributed by atoms with Gasteiger partial charge in [-0.05, 0) is 108 Å². The topological polar surface area (TPSA) is 188 Å². The van der Waals surface area contributed by atoms with Gasteiger partial charge in [-0.15, -0.1) is 126 Å². The summed E-state index contributed by atoms with van der Waals surface area (Å²) in [6, 6.07) is 85.1. The molecule has 0 aliphatic carbocycles. The van der Waals surface area contributed by atoms with Crippen LogP contribution in [0.15, 0.2) is 258 Å². The second-order valence-corrected chi connectivity index (χ2v) is 22.4. The molecule has 0 aliphatic heterocycles. The molecule has 1 radical (unpaired) electrons. The number of alkyl halides is 3. The molecule has 7 heterocycles. The normalized spacial score (nSPS) is 10.5. The molecule has 0 amide bonds. The van der Waals surface area contributed by atoms with Gasteiger partial charge in [0.1, 0.15) is 16.7 Å². The Bertz CT molecular complexity index is 4250. The zero-order valence-electron chi connectivity index (χ0n) is 53.7. The minimum absolute atomic E-state index is 0. The average molecular weight is 1660 g/mol. The SMILES string of the molecule is CO.CO.Cc1ccnc(-c2[c-]ccc3c2oc2c(C(C)C)cccc23)c1.Cc1ccnc(-c2cccc3c2oc2c(C(C)C)cccc23)c1.O=S(=O)([O-])C(F)(F)F.[Ir+3].[Ir].[c-]1ccccc1-c1ccccn1.[c-]1ccccc1-c1ccccn1.[c-]1ccccc1-c1ccccn1. The van der Waals surface area contributed by atoms with Crippen LogP contribution in [-0.2, 0) is 50.3 Å². The predicted octanol–water partition coefficient (Wildman–Crippen LogP) is 18.9. The molecular weight excluding hydrogens is 1590 g/mol. The minimum Gasteiger partial charge on any atom is -0.741 e. The first-order valence-corrected chi connectivity index (χ1v) is 31.1. The Morgan fingerprint density at radius 2 is 0.771 bits per heavy atom. The number of aromatic nitrogens is 5. The standard InChI is InChI=1S/C21H19NO.C21H18NO.3C11H8N.CHF3O3S.2CH4O.2Ir/c2*1-13(2)15-6-4-7-16-17-8-5-9-18(21(17)23-20(15)16)19-12-14(3)10-11-22-19;3*1-2-6-10(7-3-1)11-8-4-5-9-12-11;2-1(3,4)8(5,6)7;2*1-2;;/h4-13H,1-3H3;4-8,10-13H,1-3H3;3*1-6,8-9H;(H,5,6,7);2*2H,1H3;;/q;4*-1;;;;;+3/p-1. The van der Waals surface area contributed by atoms with Crippen molar-refractivity contribution in [3.63, 3.8) is 0 Å². The molecule has 2 N–H and O–H groups in total. The molecule has 0 aliphatic rings. The summed E-state index contributed by atoms with van der Waals surface area (Å²) in [5, 5.41) is 18.6. The zero-order valence-corrected chi connectivity index (χ0v) is 59.3. The van der Waals surface area contributed by atoms with Crippen molar-refractivity contribution in [1.29, 1.82) is 0 Å². The van der Waals surface area contributed by atoms with Crippen molar-refractivity contribution < 1.29 is 85.4 Å². The molecule has 7 aromatic heterocycles. The quantitative estimate of drug-likeness (QED) is 0.0874. The number of benzene rings is 7. The molecule has 0 saturated heterocycles. The molecule has 0 spiro atoms. The number of aliphatic hydroxyl groups excluding tert-OH is 2. The fourth-order valence-corrected chi connectivity index (χ4v) is 9.51. The van der Waals surface area contributed by atoms with E-state index in [4.69, 9.17) is 32.0 Å². The minimum atomic E-state index is -6.09. The number of pyridine rings is 5. The van der Waals surface area contributed by atoms with Crippen LogP contribution in [0.4, 0.5) is 13.2 Å². The second kappa shape index (κ2) is 38.4. The van der Waals surface area contributed by atoms with Crippen molar-refractivity contribution in [2.75, 3.05) is 14.2 Å². The van der Waals surface area contributed by atoms with E-state index in [1.807, 2.05) is 158 Å². The van der Waals surface area contributed by atoms with Gasteiger partial charge in [-0.3, -0.25) is 4.98 Å². The molecular formula is C78H69F3Ir2N5O7S-2. The Hall–Kier alpha value is -9.19. The molecule has 96 heavy (non-hydrogen) atoms. The van der Waals surface area contributed by atoms with E-state index in [9.17, 15) is 13.2 Å². The smallest absolute Gasteiger partial charge is 0.741 e. The summed E-state index contributed by atoms with van der Waals surface area (Å²) in [4.78, 5) is 21.7. The van der Waals surface area contributed by atoms with E-state index in [0.29, 0.717) is 11.8 Å². The van der Waals surface area contributed by atoms with Gasteiger partial charge in [-0.25, -0.2) is 8.42 Å². The molecule has 0 fully saturated rings. The van der Waals surface area contributed by atoms with Gasteiger partial charge in [0, 0.05) is 87.0 Å². The average Bonchev–Trinajstić information content (AvgIpc) is 1.61. The Balaban J connectivity index is 0.000000213. The van der Waals surface area contributed by atoms with E-state index in [1.165, 1.54) is 27.6 Å². The maximum absolute atomic E-state index is 10.7. The van der Waals surface area contributed by atoms with E-state index in [0.717, 1.165) is 109 Å². The summed E-state index contributed by atoms with van der Waals surface area (Å²) in [5.74, 6) is 0.851. The number of halogens is 3. The van der Waals surface area contributed by atoms with E-state index >= 15 is 0 Å². The van der Waals surface area contributed by atoms with Crippen molar-refractivity contribution >= 4 is 54.0 Å². The van der Waals surface area contributed by atoms with Gasteiger partial charge < -0.3 is 43.5 Å². The van der Waals surface area contributed by atoms with Gasteiger partial charge in [0.05, 0.1) is 11.3 Å². The number of fused-ring (bicyclic) bond motifs is 6. The maximum atomic E-state index is 10.7. The first-order valence-electron chi connectivity index (χ1n) is 29.7. The summed E-state index contributed by atoms with van der Waals surface area (Å²) in [5.41, 5.74) is 12.9. The van der Waals surface area contributed by atoms with Gasteiger partial charge in [-0.1, -0.05) is 135 Å². The van der Waals surface area contributed by atoms with Gasteiger partial charge in [-0.2, -0.15) is 13.2 Å². The summed E-state index contributed by atoms with van der Waals surface area (Å²) >= 11 is 0. The Labute approximate surface area is 585 Å². The second-order valence-electron chi connectivity index (χ2n) is 21.0. The van der Waals surface area contributed by atoms with Crippen LogP contribution in [0.5, 0.6) is 0 Å². The number of para-hydroxylation sites is 3. The number of aliphatic hydroxyl groups is 2. The van der Waals surface area contributed by atoms with Crippen molar-refractivity contribution in [2.45, 2.75) is 58.9 Å². The first-order chi connectivity index (χ1) is 45.4. The predicted molar refractivity (Wildman–Crippen MR) is 368 cm³/mol. The largest absolute Gasteiger partial charge is 3.00 e. The van der Waals surface area contributed by atoms with E-state index in [-0.39, 0.29) is 40.2 Å². The molecule has 18 heteroatoms. The molecule has 12 nitrogen and oxygen atoms in total. The van der Waals surface area contributed by atoms with Crippen LogP contribution < -0.4 is 0 Å². The first kappa shape index (κ1) is 77.5. The summed E-state index contributed by atoms with van der Waals surface area (Å²) < 4.78 is 71.5. The Morgan fingerprint density at radius 1 is 0.417 bits per heavy atom. The van der Waals surface area contributed by atoms with Crippen molar-refractivity contribution in [3.8, 4) is 56.3 Å². The van der Waals surface area contributed by atoms with Crippen LogP contribution in [0, 0.1) is 38.1 Å². The number of hydrogen-bond acceptors (Lipinski definition) is 12. The van der Waals surface area contributed by atoms with Gasteiger partial charge >= 0.3 is 25.6 Å². The molecule has 0 unspecified atom stereocenters. The third-order valence-corrected chi connectivity index (χ3v) is 14.5. The van der Waals surface area contributed by atoms with Gasteiger partial charge in [0.25, 0.3) is 0 Å². The molecule has 14 aromatic rings. The number of furan rings is 2. The zero-order chi connectivity index (χ0) is 67.6. The molecule has 14 rings (SSSR count). The van der Waals surface area contributed by atoms with Crippen LogP contribution in [0.1, 0.15) is 61.8 Å². The van der Waals surface area contributed by atoms with Gasteiger partial charge in [0.15, 0.2) is 10.1 Å². The Kier molecular flexibility index (Phi) is 31.0. The van der Waals surface area contributed by atoms with Crippen LogP contribution >= 0.6 is 0 Å². The van der Waals surface area contributed by atoms with Crippen molar-refractivity contribution in [3.05, 3.63) is 296 Å². The molecule has 7 aromatic carbocycles. The van der Waals surface area contributed by atoms with E-state index < -0.39 is 15.6 Å². The van der Waals surface area contributed by atoms with Gasteiger partial charge in [0.2, 0.25) is 0 Å². The third kappa shape index (κ3) is 21.2. The fourth-order valence-electron chi connectivity index (χ4n) is 9.51. The summed E-state index contributed by atoms with van der Waals surface area (Å²) in [6.07, 6.45) is 9.05. The van der Waals surface area contributed by atoms with Crippen LogP contribution in [-0.4, -0.2) is 67.8 Å². The Morgan fingerprint density at radius 3 is 1.14 bits per heavy atom. The number of hydrogen-bond donors (Lipinski definition) is 2. The maximum Gasteiger partial charge on any atom is 3.00 e. The summed E-state index contributed by atoms with van der Waals surface area (Å²) in [6.45, 7) is 12.9. The van der Waals surface area contributed by atoms with Crippen molar-refractivity contribution in [2.24, 2.45) is 0 Å². The summed E-state index contributed by atoms with van der Waals surface area (Å²) in [7, 11) is -4.09. The number of nitrogens with zero attached hydrogens (tertiary/aromatic N) is 5. The number of aryl methyl sites for hydroxylation is 2. The molecule has 495 valence electrons. The van der Waals surface area contributed by atoms with Crippen LogP contribution in [0.25, 0.3) is 100 Å². The molecule has 0 atom stereocenters.